The van der Waals surface area contributed by atoms with Crippen LogP contribution in [0.1, 0.15) is 32.6 Å². The number of amides is 1. The molecule has 0 spiro atoms. The van der Waals surface area contributed by atoms with Crippen molar-refractivity contribution in [3.05, 3.63) is 0 Å². The molecule has 13 heavy (non-hydrogen) atoms. The molecule has 74 valence electrons. The first kappa shape index (κ1) is 9.00. The Morgan fingerprint density at radius 2 is 2.15 bits per heavy atom. The number of hydrogen-bond acceptors (Lipinski definition) is 2. The fraction of sp³-hybridized carbons (Fsp3) is 0.900. The summed E-state index contributed by atoms with van der Waals surface area (Å²) in [6.45, 7) is 2.44. The Morgan fingerprint density at radius 3 is 2.77 bits per heavy atom. The topological polar surface area (TPSA) is 40.5 Å². The van der Waals surface area contributed by atoms with E-state index in [-0.39, 0.29) is 5.91 Å². The second-order valence-corrected chi connectivity index (χ2v) is 4.28. The van der Waals surface area contributed by atoms with Crippen molar-refractivity contribution in [1.82, 2.24) is 4.90 Å². The van der Waals surface area contributed by atoms with Crippen molar-refractivity contribution >= 4 is 5.91 Å². The number of aliphatic hydroxyl groups excluding tert-OH is 1. The number of carbonyl (C=O) groups excluding carboxylic acids is 1. The van der Waals surface area contributed by atoms with E-state index in [0.717, 1.165) is 18.9 Å². The van der Waals surface area contributed by atoms with Crippen LogP contribution in [-0.4, -0.2) is 34.6 Å². The minimum absolute atomic E-state index is 0.0804. The summed E-state index contributed by atoms with van der Waals surface area (Å²) in [6, 6.07) is 0.454. The maximum Gasteiger partial charge on any atom is 0.251 e. The van der Waals surface area contributed by atoms with Gasteiger partial charge in [0.1, 0.15) is 6.10 Å². The lowest BCUT2D eigenvalue weighted by atomic mass is 9.76. The molecule has 0 radical (unpaired) electrons. The van der Waals surface area contributed by atoms with Crippen LogP contribution in [0.4, 0.5) is 0 Å². The zero-order valence-electron chi connectivity index (χ0n) is 8.07. The summed E-state index contributed by atoms with van der Waals surface area (Å²) in [5.41, 5.74) is 0. The Balaban J connectivity index is 1.94. The highest BCUT2D eigenvalue weighted by atomic mass is 16.3. The Labute approximate surface area is 78.7 Å². The predicted octanol–water partition coefficient (Wildman–Crippen LogP) is 0.768. The summed E-state index contributed by atoms with van der Waals surface area (Å²) in [5, 5.41) is 9.16. The van der Waals surface area contributed by atoms with Gasteiger partial charge in [0, 0.05) is 12.6 Å². The summed E-state index contributed by atoms with van der Waals surface area (Å²) < 4.78 is 0. The molecule has 0 aromatic heterocycles. The van der Waals surface area contributed by atoms with Gasteiger partial charge < -0.3 is 10.0 Å². The molecule has 1 saturated heterocycles. The number of carbonyl (C=O) groups is 1. The van der Waals surface area contributed by atoms with Crippen LogP contribution in [0.2, 0.25) is 0 Å². The molecule has 0 bridgehead atoms. The van der Waals surface area contributed by atoms with Crippen LogP contribution in [0.25, 0.3) is 0 Å². The van der Waals surface area contributed by atoms with E-state index in [1.165, 1.54) is 19.3 Å². The maximum atomic E-state index is 11.5. The molecule has 3 heteroatoms. The summed E-state index contributed by atoms with van der Waals surface area (Å²) in [5.74, 6) is 0.652. The highest BCUT2D eigenvalue weighted by Crippen LogP contribution is 2.37. The van der Waals surface area contributed by atoms with Gasteiger partial charge in [0.05, 0.1) is 0 Å². The zero-order valence-corrected chi connectivity index (χ0v) is 8.07. The van der Waals surface area contributed by atoms with Gasteiger partial charge in [-0.05, 0) is 25.7 Å². The SMILES string of the molecule is C[C@@H](O)C(=O)N1C[C@H]2CCCC[C@H]21. The fourth-order valence-electron chi connectivity index (χ4n) is 2.55. The van der Waals surface area contributed by atoms with Crippen LogP contribution < -0.4 is 0 Å². The molecule has 1 aliphatic heterocycles. The quantitative estimate of drug-likeness (QED) is 0.652. The normalized spacial score (nSPS) is 34.8. The molecule has 1 aliphatic carbocycles. The molecule has 1 saturated carbocycles. The average Bonchev–Trinajstić information content (AvgIpc) is 2.06. The molecule has 2 rings (SSSR count). The summed E-state index contributed by atoms with van der Waals surface area (Å²) >= 11 is 0. The average molecular weight is 183 g/mol. The molecule has 1 amide bonds. The van der Waals surface area contributed by atoms with Gasteiger partial charge in [0.2, 0.25) is 0 Å². The molecule has 2 fully saturated rings. The van der Waals surface area contributed by atoms with Gasteiger partial charge in [0.25, 0.3) is 5.91 Å². The largest absolute Gasteiger partial charge is 0.384 e. The third kappa shape index (κ3) is 1.46. The minimum atomic E-state index is -0.817. The van der Waals surface area contributed by atoms with E-state index in [4.69, 9.17) is 5.11 Å². The van der Waals surface area contributed by atoms with Gasteiger partial charge in [-0.1, -0.05) is 12.8 Å². The summed E-state index contributed by atoms with van der Waals surface area (Å²) in [6.07, 6.45) is 4.16. The smallest absolute Gasteiger partial charge is 0.251 e. The monoisotopic (exact) mass is 183 g/mol. The second-order valence-electron chi connectivity index (χ2n) is 4.28. The van der Waals surface area contributed by atoms with E-state index in [2.05, 4.69) is 0 Å². The van der Waals surface area contributed by atoms with Crippen LogP contribution in [0.3, 0.4) is 0 Å². The number of rotatable bonds is 1. The lowest BCUT2D eigenvalue weighted by Crippen LogP contribution is -2.61. The van der Waals surface area contributed by atoms with E-state index in [1.54, 1.807) is 6.92 Å². The number of hydrogen-bond donors (Lipinski definition) is 1. The van der Waals surface area contributed by atoms with Crippen LogP contribution in [0.5, 0.6) is 0 Å². The molecule has 1 heterocycles. The van der Waals surface area contributed by atoms with Crippen LogP contribution >= 0.6 is 0 Å². The highest BCUT2D eigenvalue weighted by Gasteiger charge is 2.43. The van der Waals surface area contributed by atoms with Crippen molar-refractivity contribution in [3.63, 3.8) is 0 Å². The lowest BCUT2D eigenvalue weighted by molar-refractivity contribution is -0.154. The standard InChI is InChI=1S/C10H17NO2/c1-7(12)10(13)11-6-8-4-2-3-5-9(8)11/h7-9,12H,2-6H2,1H3/t7-,8-,9-/m1/s1. The van der Waals surface area contributed by atoms with Gasteiger partial charge in [-0.25, -0.2) is 0 Å². The van der Waals surface area contributed by atoms with E-state index in [9.17, 15) is 4.79 Å². The first-order valence-electron chi connectivity index (χ1n) is 5.18. The van der Waals surface area contributed by atoms with E-state index < -0.39 is 6.10 Å². The predicted molar refractivity (Wildman–Crippen MR) is 49.1 cm³/mol. The van der Waals surface area contributed by atoms with E-state index >= 15 is 0 Å². The van der Waals surface area contributed by atoms with Crippen molar-refractivity contribution in [2.45, 2.75) is 44.8 Å². The number of fused-ring (bicyclic) bond motifs is 1. The number of aliphatic hydroxyl groups is 1. The number of likely N-dealkylation sites (tertiary alicyclic amines) is 1. The Morgan fingerprint density at radius 1 is 1.46 bits per heavy atom. The van der Waals surface area contributed by atoms with Gasteiger partial charge in [-0.2, -0.15) is 0 Å². The minimum Gasteiger partial charge on any atom is -0.384 e. The van der Waals surface area contributed by atoms with Crippen molar-refractivity contribution in [3.8, 4) is 0 Å². The molecule has 0 unspecified atom stereocenters. The van der Waals surface area contributed by atoms with Crippen molar-refractivity contribution in [1.29, 1.82) is 0 Å². The first-order valence-corrected chi connectivity index (χ1v) is 5.18. The van der Waals surface area contributed by atoms with Crippen LogP contribution in [0.15, 0.2) is 0 Å². The number of nitrogens with zero attached hydrogens (tertiary/aromatic N) is 1. The van der Waals surface area contributed by atoms with E-state index in [0.29, 0.717) is 6.04 Å². The van der Waals surface area contributed by atoms with Gasteiger partial charge in [0.15, 0.2) is 0 Å². The third-order valence-electron chi connectivity index (χ3n) is 3.34. The summed E-state index contributed by atoms with van der Waals surface area (Å²) in [4.78, 5) is 13.3. The summed E-state index contributed by atoms with van der Waals surface area (Å²) in [7, 11) is 0. The zero-order chi connectivity index (χ0) is 9.42. The van der Waals surface area contributed by atoms with Gasteiger partial charge >= 0.3 is 0 Å². The van der Waals surface area contributed by atoms with Gasteiger partial charge in [-0.15, -0.1) is 0 Å². The third-order valence-corrected chi connectivity index (χ3v) is 3.34. The maximum absolute atomic E-state index is 11.5. The Kier molecular flexibility index (Phi) is 2.28. The highest BCUT2D eigenvalue weighted by molar-refractivity contribution is 5.81. The molecular formula is C10H17NO2. The van der Waals surface area contributed by atoms with Crippen LogP contribution in [0, 0.1) is 5.92 Å². The molecule has 1 N–H and O–H groups in total. The van der Waals surface area contributed by atoms with Crippen molar-refractivity contribution in [2.24, 2.45) is 5.92 Å². The molecule has 0 aromatic carbocycles. The molecule has 0 aromatic rings. The molecule has 3 nitrogen and oxygen atoms in total. The fourth-order valence-corrected chi connectivity index (χ4v) is 2.55. The Hall–Kier alpha value is -0.570. The molecule has 3 atom stereocenters. The van der Waals surface area contributed by atoms with E-state index in [1.807, 2.05) is 4.90 Å². The van der Waals surface area contributed by atoms with Gasteiger partial charge in [-0.3, -0.25) is 4.79 Å². The van der Waals surface area contributed by atoms with Crippen molar-refractivity contribution in [2.75, 3.05) is 6.54 Å². The lowest BCUT2D eigenvalue weighted by Gasteiger charge is -2.51. The Bertz CT molecular complexity index is 215. The first-order chi connectivity index (χ1) is 6.20. The van der Waals surface area contributed by atoms with Crippen LogP contribution in [-0.2, 0) is 4.79 Å². The van der Waals surface area contributed by atoms with Crippen molar-refractivity contribution < 1.29 is 9.90 Å². The molecule has 2 aliphatic rings. The molecular weight excluding hydrogens is 166 g/mol. The second kappa shape index (κ2) is 3.29.